The van der Waals surface area contributed by atoms with Gasteiger partial charge < -0.3 is 15.3 Å². The van der Waals surface area contributed by atoms with E-state index in [-0.39, 0.29) is 23.2 Å². The summed E-state index contributed by atoms with van der Waals surface area (Å²) in [6.45, 7) is 5.88. The molecule has 3 N–H and O–H groups in total. The van der Waals surface area contributed by atoms with Crippen molar-refractivity contribution < 1.29 is 20.1 Å². The van der Waals surface area contributed by atoms with Gasteiger partial charge in [-0.15, -0.1) is 0 Å². The van der Waals surface area contributed by atoms with Crippen LogP contribution in [0.15, 0.2) is 0 Å². The molecule has 0 radical (unpaired) electrons. The molecule has 4 saturated carbocycles. The van der Waals surface area contributed by atoms with Crippen molar-refractivity contribution >= 4 is 5.78 Å². The van der Waals surface area contributed by atoms with Crippen LogP contribution in [0, 0.1) is 34.5 Å². The highest BCUT2D eigenvalue weighted by molar-refractivity contribution is 5.86. The number of hydrogen-bond donors (Lipinski definition) is 3. The van der Waals surface area contributed by atoms with Crippen molar-refractivity contribution in [1.29, 1.82) is 0 Å². The predicted molar refractivity (Wildman–Crippen MR) is 94.8 cm³/mol. The number of aliphatic hydroxyl groups excluding tert-OH is 2. The topological polar surface area (TPSA) is 77.8 Å². The maximum absolute atomic E-state index is 12.3. The van der Waals surface area contributed by atoms with Gasteiger partial charge in [0.2, 0.25) is 0 Å². The Morgan fingerprint density at radius 2 is 1.76 bits per heavy atom. The van der Waals surface area contributed by atoms with E-state index in [1.54, 1.807) is 0 Å². The fourth-order valence-corrected chi connectivity index (χ4v) is 7.94. The second-order valence-electron chi connectivity index (χ2n) is 10.1. The van der Waals surface area contributed by atoms with Gasteiger partial charge in [-0.1, -0.05) is 13.8 Å². The van der Waals surface area contributed by atoms with Crippen LogP contribution >= 0.6 is 0 Å². The zero-order chi connectivity index (χ0) is 18.2. The molecule has 0 unspecified atom stereocenters. The molecule has 0 spiro atoms. The van der Waals surface area contributed by atoms with Crippen LogP contribution in [0.2, 0.25) is 0 Å². The third kappa shape index (κ3) is 2.20. The van der Waals surface area contributed by atoms with Crippen molar-refractivity contribution in [3.05, 3.63) is 0 Å². The van der Waals surface area contributed by atoms with E-state index in [0.29, 0.717) is 30.6 Å². The summed E-state index contributed by atoms with van der Waals surface area (Å²) in [6, 6.07) is 0. The van der Waals surface area contributed by atoms with Gasteiger partial charge in [0, 0.05) is 5.41 Å². The second kappa shape index (κ2) is 5.53. The first-order chi connectivity index (χ1) is 11.6. The fourth-order valence-electron chi connectivity index (χ4n) is 7.94. The maximum Gasteiger partial charge on any atom is 0.161 e. The molecule has 0 amide bonds. The molecule has 4 aliphatic carbocycles. The summed E-state index contributed by atoms with van der Waals surface area (Å²) in [4.78, 5) is 12.3. The molecule has 0 heterocycles. The minimum absolute atomic E-state index is 0.0832. The van der Waals surface area contributed by atoms with Crippen LogP contribution in [0.5, 0.6) is 0 Å². The smallest absolute Gasteiger partial charge is 0.161 e. The third-order valence-corrected chi connectivity index (χ3v) is 9.30. The lowest BCUT2D eigenvalue weighted by molar-refractivity contribution is -0.201. The summed E-state index contributed by atoms with van der Waals surface area (Å²) in [5.41, 5.74) is -1.69. The van der Waals surface area contributed by atoms with Gasteiger partial charge in [0.25, 0.3) is 0 Å². The highest BCUT2D eigenvalue weighted by Gasteiger charge is 2.68. The predicted octanol–water partition coefficient (Wildman–Crippen LogP) is 2.68. The molecule has 0 saturated heterocycles. The van der Waals surface area contributed by atoms with E-state index in [1.807, 2.05) is 6.92 Å². The lowest BCUT2D eigenvalue weighted by Crippen LogP contribution is -2.62. The first-order valence-electron chi connectivity index (χ1n) is 10.2. The van der Waals surface area contributed by atoms with Crippen LogP contribution in [0.4, 0.5) is 0 Å². The molecule has 4 aliphatic rings. The van der Waals surface area contributed by atoms with Gasteiger partial charge in [-0.2, -0.15) is 0 Å². The number of fused-ring (bicyclic) bond motifs is 5. The highest BCUT2D eigenvalue weighted by Crippen LogP contribution is 2.68. The van der Waals surface area contributed by atoms with E-state index in [2.05, 4.69) is 6.92 Å². The minimum Gasteiger partial charge on any atom is -0.393 e. The first-order valence-corrected chi connectivity index (χ1v) is 10.2. The van der Waals surface area contributed by atoms with Gasteiger partial charge in [-0.05, 0) is 87.4 Å². The van der Waals surface area contributed by atoms with Crippen molar-refractivity contribution in [3.63, 3.8) is 0 Å². The van der Waals surface area contributed by atoms with Gasteiger partial charge in [-0.3, -0.25) is 4.79 Å². The van der Waals surface area contributed by atoms with Crippen LogP contribution < -0.4 is 0 Å². The lowest BCUT2D eigenvalue weighted by atomic mass is 9.43. The summed E-state index contributed by atoms with van der Waals surface area (Å²) in [6.07, 6.45) is 6.16. The van der Waals surface area contributed by atoms with Crippen molar-refractivity contribution in [2.75, 3.05) is 0 Å². The molecule has 4 heteroatoms. The van der Waals surface area contributed by atoms with Gasteiger partial charge in [0.1, 0.15) is 5.60 Å². The number of aliphatic hydroxyl groups is 3. The standard InChI is InChI=1S/C21H34O4/c1-12(22)21(25)9-7-16-15-5-4-13-10-14(23)6-8-19(13,2)18(15)17(24)11-20(16,21)3/h13-18,23-25H,4-11H2,1-3H3/t13-,14-,15+,16-,17+,18+,19+,20+,21+/m1/s1. The van der Waals surface area contributed by atoms with E-state index in [0.717, 1.165) is 38.5 Å². The number of hydrogen-bond acceptors (Lipinski definition) is 4. The average molecular weight is 350 g/mol. The Morgan fingerprint density at radius 1 is 1.04 bits per heavy atom. The molecule has 0 aromatic rings. The van der Waals surface area contributed by atoms with E-state index >= 15 is 0 Å². The maximum atomic E-state index is 12.3. The zero-order valence-corrected chi connectivity index (χ0v) is 15.9. The van der Waals surface area contributed by atoms with Crippen molar-refractivity contribution in [2.45, 2.75) is 89.9 Å². The van der Waals surface area contributed by atoms with E-state index in [1.165, 1.54) is 6.92 Å². The largest absolute Gasteiger partial charge is 0.393 e. The lowest BCUT2D eigenvalue weighted by Gasteiger charge is -2.62. The zero-order valence-electron chi connectivity index (χ0n) is 15.9. The van der Waals surface area contributed by atoms with Crippen LogP contribution in [-0.2, 0) is 4.79 Å². The van der Waals surface area contributed by atoms with Gasteiger partial charge in [0.05, 0.1) is 12.2 Å². The van der Waals surface area contributed by atoms with Crippen molar-refractivity contribution in [2.24, 2.45) is 34.5 Å². The van der Waals surface area contributed by atoms with Crippen molar-refractivity contribution in [1.82, 2.24) is 0 Å². The molecule has 0 aromatic heterocycles. The SMILES string of the molecule is CC(=O)[C@@]1(O)CC[C@@H]2[C@@H]3CC[C@@H]4C[C@H](O)CC[C@]4(C)[C@@H]3[C@@H](O)C[C@@]21C. The molecule has 4 rings (SSSR count). The Kier molecular flexibility index (Phi) is 3.97. The Hall–Kier alpha value is -0.450. The number of Topliss-reactive ketones (excluding diaryl/α,β-unsaturated/α-hetero) is 1. The molecular weight excluding hydrogens is 316 g/mol. The summed E-state index contributed by atoms with van der Waals surface area (Å²) in [5, 5.41) is 32.5. The second-order valence-corrected chi connectivity index (χ2v) is 10.1. The third-order valence-electron chi connectivity index (χ3n) is 9.30. The van der Waals surface area contributed by atoms with Crippen LogP contribution in [0.3, 0.4) is 0 Å². The number of rotatable bonds is 1. The van der Waals surface area contributed by atoms with E-state index < -0.39 is 17.1 Å². The number of ketones is 1. The van der Waals surface area contributed by atoms with Crippen LogP contribution in [-0.4, -0.2) is 38.9 Å². The normalized spacial score (nSPS) is 58.2. The first kappa shape index (κ1) is 17.9. The van der Waals surface area contributed by atoms with Gasteiger partial charge >= 0.3 is 0 Å². The molecular formula is C21H34O4. The summed E-state index contributed by atoms with van der Waals surface area (Å²) in [5.74, 6) is 1.30. The highest BCUT2D eigenvalue weighted by atomic mass is 16.3. The molecule has 0 bridgehead atoms. The Morgan fingerprint density at radius 3 is 2.44 bits per heavy atom. The molecule has 0 aromatic carbocycles. The van der Waals surface area contributed by atoms with Crippen LogP contribution in [0.25, 0.3) is 0 Å². The molecule has 25 heavy (non-hydrogen) atoms. The Bertz CT molecular complexity index is 576. The Labute approximate surface area is 151 Å². The van der Waals surface area contributed by atoms with E-state index in [4.69, 9.17) is 0 Å². The number of carbonyl (C=O) groups is 1. The molecule has 4 nitrogen and oxygen atoms in total. The summed E-state index contributed by atoms with van der Waals surface area (Å²) in [7, 11) is 0. The van der Waals surface area contributed by atoms with Gasteiger partial charge in [0.15, 0.2) is 5.78 Å². The van der Waals surface area contributed by atoms with Crippen molar-refractivity contribution in [3.8, 4) is 0 Å². The number of carbonyl (C=O) groups excluding carboxylic acids is 1. The molecule has 0 aliphatic heterocycles. The van der Waals surface area contributed by atoms with Gasteiger partial charge in [-0.25, -0.2) is 0 Å². The monoisotopic (exact) mass is 350 g/mol. The summed E-state index contributed by atoms with van der Waals surface area (Å²) < 4.78 is 0. The van der Waals surface area contributed by atoms with Crippen LogP contribution in [0.1, 0.15) is 72.1 Å². The quantitative estimate of drug-likeness (QED) is 0.679. The Balaban J connectivity index is 1.70. The fraction of sp³-hybridized carbons (Fsp3) is 0.952. The molecule has 9 atom stereocenters. The summed E-state index contributed by atoms with van der Waals surface area (Å²) >= 11 is 0. The van der Waals surface area contributed by atoms with E-state index in [9.17, 15) is 20.1 Å². The molecule has 4 fully saturated rings. The molecule has 142 valence electrons. The average Bonchev–Trinajstić information content (AvgIpc) is 2.80. The minimum atomic E-state index is -1.27.